The zero-order chi connectivity index (χ0) is 22.2. The number of carboxylic acids is 1. The summed E-state index contributed by atoms with van der Waals surface area (Å²) in [6.45, 7) is 6.61. The van der Waals surface area contributed by atoms with Crippen molar-refractivity contribution in [1.82, 2.24) is 0 Å². The van der Waals surface area contributed by atoms with Crippen LogP contribution in [0.5, 0.6) is 0 Å². The van der Waals surface area contributed by atoms with Crippen LogP contribution in [0.4, 0.5) is 5.69 Å². The summed E-state index contributed by atoms with van der Waals surface area (Å²) in [5, 5.41) is 12.6. The van der Waals surface area contributed by atoms with Gasteiger partial charge in [-0.05, 0) is 59.2 Å². The molecule has 1 aliphatic rings. The van der Waals surface area contributed by atoms with E-state index in [1.807, 2.05) is 6.07 Å². The standard InChI is InChI=1S/C27H25NO2S/c1-17-8-10-18(11-9-17)20-14-15-27(2,3)23-13-12-19(16-22(20)23)25(31)28-24-7-5-4-6-21(24)26(29)30/h4-14,16H,15H2,1-3H3,(H,28,31)(H,29,30). The molecule has 0 heterocycles. The Morgan fingerprint density at radius 1 is 1.03 bits per heavy atom. The lowest BCUT2D eigenvalue weighted by Gasteiger charge is -2.33. The van der Waals surface area contributed by atoms with Gasteiger partial charge in [-0.3, -0.25) is 0 Å². The molecule has 3 aromatic carbocycles. The Hall–Kier alpha value is -3.24. The Kier molecular flexibility index (Phi) is 5.50. The Morgan fingerprint density at radius 3 is 2.45 bits per heavy atom. The van der Waals surface area contributed by atoms with Gasteiger partial charge in [0.2, 0.25) is 0 Å². The Bertz CT molecular complexity index is 1210. The fraction of sp³-hybridized carbons (Fsp3) is 0.185. The number of carboxylic acid groups (broad SMARTS) is 1. The minimum absolute atomic E-state index is 0.0347. The van der Waals surface area contributed by atoms with Crippen LogP contribution in [0.3, 0.4) is 0 Å². The van der Waals surface area contributed by atoms with Gasteiger partial charge >= 0.3 is 5.97 Å². The summed E-state index contributed by atoms with van der Waals surface area (Å²) in [7, 11) is 0. The van der Waals surface area contributed by atoms with Gasteiger partial charge in [0.05, 0.1) is 11.3 Å². The summed E-state index contributed by atoms with van der Waals surface area (Å²) >= 11 is 5.66. The van der Waals surface area contributed by atoms with Crippen LogP contribution in [0, 0.1) is 6.92 Å². The van der Waals surface area contributed by atoms with Gasteiger partial charge in [0.25, 0.3) is 0 Å². The van der Waals surface area contributed by atoms with Crippen LogP contribution in [0.1, 0.15) is 58.4 Å². The molecular formula is C27H25NO2S. The predicted octanol–water partition coefficient (Wildman–Crippen LogP) is 6.59. The highest BCUT2D eigenvalue weighted by Crippen LogP contribution is 2.41. The first kappa shape index (κ1) is 21.0. The number of para-hydroxylation sites is 1. The maximum atomic E-state index is 11.5. The van der Waals surface area contributed by atoms with E-state index in [0.29, 0.717) is 10.7 Å². The highest BCUT2D eigenvalue weighted by Gasteiger charge is 2.29. The minimum Gasteiger partial charge on any atom is -0.478 e. The molecule has 0 aromatic heterocycles. The van der Waals surface area contributed by atoms with Crippen molar-refractivity contribution in [3.63, 3.8) is 0 Å². The van der Waals surface area contributed by atoms with E-state index in [1.54, 1.807) is 24.3 Å². The van der Waals surface area contributed by atoms with Crippen LogP contribution in [0.25, 0.3) is 5.57 Å². The number of aryl methyl sites for hydroxylation is 1. The quantitative estimate of drug-likeness (QED) is 0.461. The summed E-state index contributed by atoms with van der Waals surface area (Å²) in [6, 6.07) is 21.7. The fourth-order valence-corrected chi connectivity index (χ4v) is 4.29. The highest BCUT2D eigenvalue weighted by molar-refractivity contribution is 7.81. The number of hydrogen-bond acceptors (Lipinski definition) is 2. The first-order valence-corrected chi connectivity index (χ1v) is 10.7. The molecule has 31 heavy (non-hydrogen) atoms. The van der Waals surface area contributed by atoms with E-state index in [0.717, 1.165) is 12.0 Å². The van der Waals surface area contributed by atoms with Crippen molar-refractivity contribution in [2.24, 2.45) is 0 Å². The average Bonchev–Trinajstić information content (AvgIpc) is 2.74. The molecule has 0 radical (unpaired) electrons. The lowest BCUT2D eigenvalue weighted by molar-refractivity contribution is 0.0698. The van der Waals surface area contributed by atoms with Crippen molar-refractivity contribution in [3.8, 4) is 0 Å². The van der Waals surface area contributed by atoms with Gasteiger partial charge in [-0.2, -0.15) is 0 Å². The zero-order valence-corrected chi connectivity index (χ0v) is 18.7. The second-order valence-corrected chi connectivity index (χ2v) is 9.05. The van der Waals surface area contributed by atoms with Crippen LogP contribution in [-0.4, -0.2) is 16.1 Å². The number of rotatable bonds is 4. The third-order valence-electron chi connectivity index (χ3n) is 5.89. The molecule has 156 valence electrons. The van der Waals surface area contributed by atoms with Crippen molar-refractivity contribution < 1.29 is 9.90 Å². The van der Waals surface area contributed by atoms with Crippen molar-refractivity contribution in [2.45, 2.75) is 32.6 Å². The molecule has 4 heteroatoms. The van der Waals surface area contributed by atoms with Gasteiger partial charge in [-0.25, -0.2) is 4.79 Å². The third kappa shape index (κ3) is 4.17. The summed E-state index contributed by atoms with van der Waals surface area (Å²) in [4.78, 5) is 12.0. The minimum atomic E-state index is -0.984. The van der Waals surface area contributed by atoms with Crippen LogP contribution in [-0.2, 0) is 5.41 Å². The van der Waals surface area contributed by atoms with Crippen LogP contribution in [0.2, 0.25) is 0 Å². The lowest BCUT2D eigenvalue weighted by atomic mass is 9.72. The largest absolute Gasteiger partial charge is 0.478 e. The number of aromatic carboxylic acids is 1. The van der Waals surface area contributed by atoms with Gasteiger partial charge < -0.3 is 10.4 Å². The van der Waals surface area contributed by atoms with Crippen LogP contribution >= 0.6 is 12.2 Å². The number of hydrogen-bond donors (Lipinski definition) is 2. The van der Waals surface area contributed by atoms with Crippen LogP contribution < -0.4 is 5.32 Å². The normalized spacial score (nSPS) is 14.4. The zero-order valence-electron chi connectivity index (χ0n) is 17.9. The molecule has 0 bridgehead atoms. The molecule has 3 nitrogen and oxygen atoms in total. The molecule has 0 spiro atoms. The average molecular weight is 428 g/mol. The Morgan fingerprint density at radius 2 is 1.74 bits per heavy atom. The lowest BCUT2D eigenvalue weighted by Crippen LogP contribution is -2.23. The fourth-order valence-electron chi connectivity index (χ4n) is 4.06. The van der Waals surface area contributed by atoms with Gasteiger partial charge in [-0.1, -0.05) is 86.2 Å². The molecule has 0 atom stereocenters. The number of benzene rings is 3. The van der Waals surface area contributed by atoms with E-state index < -0.39 is 5.97 Å². The molecule has 2 N–H and O–H groups in total. The van der Waals surface area contributed by atoms with Crippen molar-refractivity contribution in [1.29, 1.82) is 0 Å². The molecule has 0 aliphatic heterocycles. The third-order valence-corrected chi connectivity index (χ3v) is 6.22. The van der Waals surface area contributed by atoms with Crippen molar-refractivity contribution in [2.75, 3.05) is 5.32 Å². The molecule has 4 rings (SSSR count). The summed E-state index contributed by atoms with van der Waals surface area (Å²) < 4.78 is 0. The SMILES string of the molecule is Cc1ccc(C2=CCC(C)(C)c3ccc(C(=S)Nc4ccccc4C(=O)O)cc32)cc1. The second-order valence-electron chi connectivity index (χ2n) is 8.64. The Balaban J connectivity index is 1.73. The highest BCUT2D eigenvalue weighted by atomic mass is 32.1. The molecule has 0 saturated carbocycles. The number of anilines is 1. The van der Waals surface area contributed by atoms with Gasteiger partial charge in [0.1, 0.15) is 4.99 Å². The molecule has 0 unspecified atom stereocenters. The molecular weight excluding hydrogens is 402 g/mol. The Labute approximate surface area is 188 Å². The summed E-state index contributed by atoms with van der Waals surface area (Å²) in [5.41, 5.74) is 7.70. The van der Waals surface area contributed by atoms with E-state index in [4.69, 9.17) is 12.2 Å². The molecule has 3 aromatic rings. The van der Waals surface area contributed by atoms with Crippen molar-refractivity contribution >= 4 is 34.4 Å². The number of carbonyl (C=O) groups is 1. The molecule has 0 saturated heterocycles. The molecule has 0 amide bonds. The first-order chi connectivity index (χ1) is 14.8. The van der Waals surface area contributed by atoms with E-state index in [-0.39, 0.29) is 11.0 Å². The van der Waals surface area contributed by atoms with Gasteiger partial charge in [0, 0.05) is 5.56 Å². The number of allylic oxidation sites excluding steroid dienone is 1. The number of nitrogens with one attached hydrogen (secondary N) is 1. The van der Waals surface area contributed by atoms with E-state index >= 15 is 0 Å². The van der Waals surface area contributed by atoms with Crippen molar-refractivity contribution in [3.05, 3.63) is 106 Å². The van der Waals surface area contributed by atoms with Gasteiger partial charge in [0.15, 0.2) is 0 Å². The maximum Gasteiger partial charge on any atom is 0.337 e. The monoisotopic (exact) mass is 427 g/mol. The number of fused-ring (bicyclic) bond motifs is 1. The summed E-state index contributed by atoms with van der Waals surface area (Å²) in [6.07, 6.45) is 3.28. The topological polar surface area (TPSA) is 49.3 Å². The summed E-state index contributed by atoms with van der Waals surface area (Å²) in [5.74, 6) is -0.984. The molecule has 0 fully saturated rings. The first-order valence-electron chi connectivity index (χ1n) is 10.3. The predicted molar refractivity (Wildman–Crippen MR) is 131 cm³/mol. The van der Waals surface area contributed by atoms with Crippen LogP contribution in [0.15, 0.2) is 72.8 Å². The maximum absolute atomic E-state index is 11.5. The van der Waals surface area contributed by atoms with E-state index in [9.17, 15) is 9.90 Å². The second kappa shape index (κ2) is 8.12. The molecule has 1 aliphatic carbocycles. The van der Waals surface area contributed by atoms with Gasteiger partial charge in [-0.15, -0.1) is 0 Å². The number of thiocarbonyl (C=S) groups is 1. The van der Waals surface area contributed by atoms with E-state index in [1.165, 1.54) is 27.8 Å². The van der Waals surface area contributed by atoms with E-state index in [2.05, 4.69) is 68.6 Å². The smallest absolute Gasteiger partial charge is 0.337 e.